The third kappa shape index (κ3) is 5.54. The van der Waals surface area contributed by atoms with Crippen LogP contribution < -0.4 is 10.6 Å². The van der Waals surface area contributed by atoms with Gasteiger partial charge in [0.1, 0.15) is 5.82 Å². The summed E-state index contributed by atoms with van der Waals surface area (Å²) in [5, 5.41) is 15.5. The van der Waals surface area contributed by atoms with Crippen molar-refractivity contribution in [2.75, 3.05) is 26.2 Å². The van der Waals surface area contributed by atoms with Crippen molar-refractivity contribution in [2.45, 2.75) is 46.2 Å². The highest BCUT2D eigenvalue weighted by Crippen LogP contribution is 2.18. The van der Waals surface area contributed by atoms with E-state index in [2.05, 4.69) is 53.4 Å². The molecule has 1 aliphatic rings. The van der Waals surface area contributed by atoms with Crippen LogP contribution in [0.1, 0.15) is 33.5 Å². The molecule has 2 atom stereocenters. The van der Waals surface area contributed by atoms with Crippen molar-refractivity contribution in [3.05, 3.63) is 30.2 Å². The van der Waals surface area contributed by atoms with E-state index in [1.165, 1.54) is 0 Å². The lowest BCUT2D eigenvalue weighted by molar-refractivity contribution is 0.265. The third-order valence-electron chi connectivity index (χ3n) is 5.03. The molecule has 2 N–H and O–H groups in total. The second kappa shape index (κ2) is 10.2. The maximum absolute atomic E-state index is 4.76. The van der Waals surface area contributed by atoms with E-state index in [9.17, 15) is 0 Å². The average Bonchev–Trinajstić information content (AvgIpc) is 3.19. The molecule has 2 unspecified atom stereocenters. The molecule has 1 fully saturated rings. The van der Waals surface area contributed by atoms with Crippen LogP contribution in [0.4, 0.5) is 0 Å². The zero-order valence-electron chi connectivity index (χ0n) is 16.7. The maximum Gasteiger partial charge on any atom is 0.191 e. The van der Waals surface area contributed by atoms with E-state index in [-0.39, 0.29) is 24.0 Å². The van der Waals surface area contributed by atoms with Gasteiger partial charge in [0.2, 0.25) is 0 Å². The maximum atomic E-state index is 4.76. The van der Waals surface area contributed by atoms with Crippen molar-refractivity contribution in [1.82, 2.24) is 30.1 Å². The summed E-state index contributed by atoms with van der Waals surface area (Å²) in [6, 6.07) is 6.96. The number of nitrogens with zero attached hydrogens (tertiary/aromatic N) is 5. The van der Waals surface area contributed by atoms with Gasteiger partial charge in [-0.2, -0.15) is 0 Å². The molecule has 0 amide bonds. The van der Waals surface area contributed by atoms with E-state index >= 15 is 0 Å². The smallest absolute Gasteiger partial charge is 0.191 e. The van der Waals surface area contributed by atoms with Crippen LogP contribution >= 0.6 is 24.0 Å². The molecule has 2 aromatic heterocycles. The Morgan fingerprint density at radius 3 is 2.81 bits per heavy atom. The highest BCUT2D eigenvalue weighted by Gasteiger charge is 2.31. The number of nitrogens with one attached hydrogen (secondary N) is 2. The number of hydrogen-bond donors (Lipinski definition) is 2. The van der Waals surface area contributed by atoms with E-state index in [1.54, 1.807) is 0 Å². The number of guanidine groups is 1. The molecule has 7 nitrogen and oxygen atoms in total. The Morgan fingerprint density at radius 2 is 2.11 bits per heavy atom. The van der Waals surface area contributed by atoms with Gasteiger partial charge in [0, 0.05) is 50.9 Å². The number of fused-ring (bicyclic) bond motifs is 1. The molecule has 3 rings (SSSR count). The van der Waals surface area contributed by atoms with Crippen molar-refractivity contribution >= 4 is 35.6 Å². The quantitative estimate of drug-likeness (QED) is 0.373. The first kappa shape index (κ1) is 21.9. The van der Waals surface area contributed by atoms with Gasteiger partial charge in [-0.3, -0.25) is 14.3 Å². The molecule has 0 radical (unpaired) electrons. The predicted octanol–water partition coefficient (Wildman–Crippen LogP) is 2.17. The summed E-state index contributed by atoms with van der Waals surface area (Å²) in [5.41, 5.74) is 0.880. The number of halogens is 1. The summed E-state index contributed by atoms with van der Waals surface area (Å²) in [6.45, 7) is 12.7. The fourth-order valence-corrected chi connectivity index (χ4v) is 3.44. The first-order valence-corrected chi connectivity index (χ1v) is 9.66. The van der Waals surface area contributed by atoms with Gasteiger partial charge in [-0.1, -0.05) is 13.0 Å². The minimum atomic E-state index is 0. The lowest BCUT2D eigenvalue weighted by atomic mass is 10.1. The third-order valence-corrected chi connectivity index (χ3v) is 5.03. The van der Waals surface area contributed by atoms with Gasteiger partial charge in [0.05, 0.1) is 0 Å². The van der Waals surface area contributed by atoms with Gasteiger partial charge in [-0.25, -0.2) is 0 Å². The highest BCUT2D eigenvalue weighted by atomic mass is 127. The largest absolute Gasteiger partial charge is 0.357 e. The van der Waals surface area contributed by atoms with Crippen LogP contribution in [0.3, 0.4) is 0 Å². The SMILES string of the molecule is CCNC(=NCCc1nnc2ccccn12)NC1CN(C(C)C)CC1C.I. The molecule has 0 saturated carbocycles. The van der Waals surface area contributed by atoms with Crippen LogP contribution in [-0.4, -0.2) is 63.7 Å². The van der Waals surface area contributed by atoms with Crippen molar-refractivity contribution < 1.29 is 0 Å². The van der Waals surface area contributed by atoms with Crippen molar-refractivity contribution in [1.29, 1.82) is 0 Å². The van der Waals surface area contributed by atoms with Crippen LogP contribution in [0.15, 0.2) is 29.4 Å². The number of rotatable bonds is 6. The summed E-state index contributed by atoms with van der Waals surface area (Å²) >= 11 is 0. The molecule has 27 heavy (non-hydrogen) atoms. The van der Waals surface area contributed by atoms with Crippen LogP contribution in [0, 0.1) is 5.92 Å². The average molecular weight is 485 g/mol. The van der Waals surface area contributed by atoms with E-state index < -0.39 is 0 Å². The number of aromatic nitrogens is 3. The Morgan fingerprint density at radius 1 is 1.30 bits per heavy atom. The Hall–Kier alpha value is -1.42. The fourth-order valence-electron chi connectivity index (χ4n) is 3.44. The molecule has 0 aliphatic carbocycles. The molecule has 0 bridgehead atoms. The van der Waals surface area contributed by atoms with Crippen LogP contribution in [0.25, 0.3) is 5.65 Å². The van der Waals surface area contributed by atoms with Crippen molar-refractivity contribution in [2.24, 2.45) is 10.9 Å². The van der Waals surface area contributed by atoms with Gasteiger partial charge in [0.25, 0.3) is 0 Å². The van der Waals surface area contributed by atoms with Crippen LogP contribution in [0.2, 0.25) is 0 Å². The minimum absolute atomic E-state index is 0. The Bertz CT molecular complexity index is 742. The minimum Gasteiger partial charge on any atom is -0.357 e. The summed E-state index contributed by atoms with van der Waals surface area (Å²) in [4.78, 5) is 7.28. The first-order valence-electron chi connectivity index (χ1n) is 9.66. The molecular formula is C19H32IN7. The number of aliphatic imine (C=N–C) groups is 1. The van der Waals surface area contributed by atoms with Crippen LogP contribution in [-0.2, 0) is 6.42 Å². The lowest BCUT2D eigenvalue weighted by Crippen LogP contribution is -2.47. The Balaban J connectivity index is 0.00000261. The van der Waals surface area contributed by atoms with E-state index in [0.717, 1.165) is 43.5 Å². The molecule has 0 aromatic carbocycles. The number of likely N-dealkylation sites (tertiary alicyclic amines) is 1. The summed E-state index contributed by atoms with van der Waals surface area (Å²) in [5.74, 6) is 2.45. The highest BCUT2D eigenvalue weighted by molar-refractivity contribution is 14.0. The second-order valence-electron chi connectivity index (χ2n) is 7.33. The molecule has 150 valence electrons. The fraction of sp³-hybridized carbons (Fsp3) is 0.632. The normalized spacial score (nSPS) is 20.9. The van der Waals surface area contributed by atoms with Crippen LogP contribution in [0.5, 0.6) is 0 Å². The molecule has 3 heterocycles. The first-order chi connectivity index (χ1) is 12.6. The molecule has 1 saturated heterocycles. The van der Waals surface area contributed by atoms with E-state index in [4.69, 9.17) is 4.99 Å². The molecule has 8 heteroatoms. The molecular weight excluding hydrogens is 453 g/mol. The van der Waals surface area contributed by atoms with E-state index in [1.807, 2.05) is 28.8 Å². The second-order valence-corrected chi connectivity index (χ2v) is 7.33. The summed E-state index contributed by atoms with van der Waals surface area (Å²) in [6.07, 6.45) is 2.76. The van der Waals surface area contributed by atoms with Gasteiger partial charge < -0.3 is 10.6 Å². The standard InChI is InChI=1S/C19H31N7.HI/c1-5-20-19(22-16-13-25(14(2)3)12-15(16)4)21-10-9-18-24-23-17-8-6-7-11-26(17)18;/h6-8,11,14-16H,5,9-10,12-13H2,1-4H3,(H2,20,21,22);1H. The zero-order chi connectivity index (χ0) is 18.5. The topological polar surface area (TPSA) is 69.8 Å². The van der Waals surface area contributed by atoms with Gasteiger partial charge in [-0.05, 0) is 38.8 Å². The zero-order valence-corrected chi connectivity index (χ0v) is 19.1. The molecule has 1 aliphatic heterocycles. The lowest BCUT2D eigenvalue weighted by Gasteiger charge is -2.21. The summed E-state index contributed by atoms with van der Waals surface area (Å²) in [7, 11) is 0. The Kier molecular flexibility index (Phi) is 8.28. The summed E-state index contributed by atoms with van der Waals surface area (Å²) < 4.78 is 2.02. The Labute approximate surface area is 179 Å². The van der Waals surface area contributed by atoms with Gasteiger partial charge in [0.15, 0.2) is 11.6 Å². The predicted molar refractivity (Wildman–Crippen MR) is 121 cm³/mol. The molecule has 0 spiro atoms. The van der Waals surface area contributed by atoms with Gasteiger partial charge in [-0.15, -0.1) is 34.2 Å². The van der Waals surface area contributed by atoms with Crippen molar-refractivity contribution in [3.8, 4) is 0 Å². The number of pyridine rings is 1. The van der Waals surface area contributed by atoms with E-state index in [0.29, 0.717) is 24.5 Å². The van der Waals surface area contributed by atoms with Gasteiger partial charge >= 0.3 is 0 Å². The number of hydrogen-bond acceptors (Lipinski definition) is 4. The van der Waals surface area contributed by atoms with Crippen molar-refractivity contribution in [3.63, 3.8) is 0 Å². The monoisotopic (exact) mass is 485 g/mol. The molecule has 2 aromatic rings.